The van der Waals surface area contributed by atoms with Gasteiger partial charge >= 0.3 is 0 Å². The van der Waals surface area contributed by atoms with E-state index in [-0.39, 0.29) is 73.1 Å². The minimum Gasteiger partial charge on any atom is -0.344 e. The Morgan fingerprint density at radius 2 is 0.545 bits per heavy atom. The molecule has 0 radical (unpaired) electrons. The molecule has 0 heterocycles. The number of hydrogen-bond donors (Lipinski definition) is 5. The number of nitrogens with zero attached hydrogens (tertiary/aromatic N) is 8. The summed E-state index contributed by atoms with van der Waals surface area (Å²) in [7, 11) is -9.50. The maximum atomic E-state index is 12.9. The molecule has 5 aromatic rings. The molecule has 3 atom stereocenters. The van der Waals surface area contributed by atoms with Crippen LogP contribution in [0.25, 0.3) is 0 Å². The summed E-state index contributed by atoms with van der Waals surface area (Å²) >= 11 is 0. The molecule has 110 heavy (non-hydrogen) atoms. The smallest absolute Gasteiger partial charge is 0.238 e. The van der Waals surface area contributed by atoms with E-state index in [1.54, 1.807) is 128 Å². The summed E-state index contributed by atoms with van der Waals surface area (Å²) in [5.74, 6) is -0.0609. The molecule has 3 unspecified atom stereocenters. The van der Waals surface area contributed by atoms with E-state index in [0.29, 0.717) is 47.4 Å². The maximum Gasteiger partial charge on any atom is 0.238 e. The molecule has 5 aromatic carbocycles. The zero-order chi connectivity index (χ0) is 84.6. The van der Waals surface area contributed by atoms with Crippen LogP contribution in [0.5, 0.6) is 0 Å². The minimum atomic E-state index is -3.64. The molecule has 0 aliphatic carbocycles. The number of nitrogens with two attached hydrogens (primary N) is 3. The van der Waals surface area contributed by atoms with Crippen LogP contribution in [0.1, 0.15) is 153 Å². The molecule has 624 valence electrons. The van der Waals surface area contributed by atoms with Crippen molar-refractivity contribution in [2.75, 3.05) is 35.2 Å². The van der Waals surface area contributed by atoms with Crippen LogP contribution in [0, 0.1) is 0 Å². The van der Waals surface area contributed by atoms with E-state index in [2.05, 4.69) is 139 Å². The number of halogens is 1. The lowest BCUT2D eigenvalue weighted by atomic mass is 10.2. The molecule has 0 aromatic heterocycles. The van der Waals surface area contributed by atoms with Crippen molar-refractivity contribution < 1.29 is 53.4 Å². The highest BCUT2D eigenvalue weighted by Gasteiger charge is 2.41. The van der Waals surface area contributed by atoms with Gasteiger partial charge in [0.05, 0.1) is 24.5 Å². The summed E-state index contributed by atoms with van der Waals surface area (Å²) in [4.78, 5) is 66.0. The predicted octanol–water partition coefficient (Wildman–Crippen LogP) is 15.5. The molecule has 0 spiro atoms. The van der Waals surface area contributed by atoms with Crippen LogP contribution in [0.4, 0.5) is 0 Å². The predicted molar refractivity (Wildman–Crippen MR) is 466 cm³/mol. The topological polar surface area (TPSA) is 383 Å². The molecule has 25 nitrogen and oxygen atoms in total. The molecule has 0 fully saturated rings. The summed E-state index contributed by atoms with van der Waals surface area (Å²) in [5, 5.41) is 16.9. The first-order valence-electron chi connectivity index (χ1n) is 35.1. The second-order valence-electron chi connectivity index (χ2n) is 33.4. The SMILES string of the molecule is C.CC(=O)N(C)Cc1ccc(S(=O)(=O)N[Si](C)(C)C(C)(C)C)cc1.CC(=O)N(C)Cc1ccc(S(=O)(Cl)=N[Si](C)(C)C(C)(C)C)cc1.CC(=O)N(C)Cc1ccc(S(N)(=O)=N[Si](C)(C)C(C)(C)C)cc1.CC(=O)N(C)Cc1ccc(S(N)(=O)=N[Si](C)(C)C(C)(C)C)cc1.CC(=O)N(C)Cc1ccc(S(N)(=O)=O)cc1.N. The van der Waals surface area contributed by atoms with E-state index in [1.807, 2.05) is 49.5 Å². The Hall–Kier alpha value is -5.84. The number of amides is 5. The van der Waals surface area contributed by atoms with Crippen molar-refractivity contribution >= 4 is 122 Å². The van der Waals surface area contributed by atoms with E-state index in [1.165, 1.54) is 51.7 Å². The van der Waals surface area contributed by atoms with Gasteiger partial charge in [-0.2, -0.15) is 0 Å². The minimum absolute atomic E-state index is 0. The first-order valence-corrected chi connectivity index (χ1v) is 55.4. The average Bonchev–Trinajstić information content (AvgIpc) is 0.807. The molecule has 0 aliphatic heterocycles. The number of carbonyl (C=O) groups is 5. The number of primary sulfonamides is 1. The number of nitrogens with one attached hydrogen (secondary N) is 1. The first-order chi connectivity index (χ1) is 48.3. The van der Waals surface area contributed by atoms with Crippen molar-refractivity contribution in [1.29, 1.82) is 0 Å². The maximum absolute atomic E-state index is 12.9. The number of benzene rings is 5. The molecule has 0 bridgehead atoms. The molecular formula is C75H134ClN13O12S5Si4. The molecule has 0 saturated heterocycles. The van der Waals surface area contributed by atoms with Gasteiger partial charge in [0.25, 0.3) is 0 Å². The number of sulfonamides is 2. The van der Waals surface area contributed by atoms with E-state index >= 15 is 0 Å². The molecule has 35 heteroatoms. The quantitative estimate of drug-likeness (QED) is 0.0358. The second kappa shape index (κ2) is 41.5. The van der Waals surface area contributed by atoms with E-state index in [9.17, 15) is 53.4 Å². The van der Waals surface area contributed by atoms with Crippen LogP contribution < -0.4 is 26.0 Å². The third-order valence-corrected chi connectivity index (χ3v) is 52.0. The Labute approximate surface area is 672 Å². The monoisotopic (exact) mass is 1720 g/mol. The summed E-state index contributed by atoms with van der Waals surface area (Å²) in [6.45, 7) is 51.7. The Kier molecular flexibility index (Phi) is 40.0. The van der Waals surface area contributed by atoms with Crippen molar-refractivity contribution in [2.24, 2.45) is 27.5 Å². The normalized spacial score (nSPS) is 13.7. The van der Waals surface area contributed by atoms with E-state index < -0.39 is 81.8 Å². The first kappa shape index (κ1) is 106. The van der Waals surface area contributed by atoms with Crippen LogP contribution >= 0.6 is 10.7 Å². The molecular weight excluding hydrogens is 1580 g/mol. The largest absolute Gasteiger partial charge is 0.344 e. The summed E-state index contributed by atoms with van der Waals surface area (Å²) < 4.78 is 102. The van der Waals surface area contributed by atoms with Gasteiger partial charge in [0, 0.05) is 113 Å². The van der Waals surface area contributed by atoms with Gasteiger partial charge in [-0.15, -0.1) is 0 Å². The van der Waals surface area contributed by atoms with Crippen molar-refractivity contribution in [3.63, 3.8) is 0 Å². The average molecular weight is 1720 g/mol. The highest BCUT2D eigenvalue weighted by atomic mass is 35.7. The number of rotatable bonds is 20. The third-order valence-electron chi connectivity index (χ3n) is 19.9. The van der Waals surface area contributed by atoms with Gasteiger partial charge in [-0.3, -0.25) is 36.1 Å². The van der Waals surface area contributed by atoms with Crippen molar-refractivity contribution in [3.05, 3.63) is 149 Å². The van der Waals surface area contributed by atoms with Gasteiger partial charge in [-0.1, -0.05) is 164 Å². The fraction of sp³-hybridized carbons (Fsp3) is 0.533. The molecule has 5 rings (SSSR count). The van der Waals surface area contributed by atoms with Crippen molar-refractivity contribution in [2.45, 2.75) is 255 Å². The van der Waals surface area contributed by atoms with Gasteiger partial charge in [-0.05, 0) is 148 Å². The van der Waals surface area contributed by atoms with Crippen molar-refractivity contribution in [1.82, 2.24) is 35.0 Å². The Morgan fingerprint density at radius 3 is 0.736 bits per heavy atom. The van der Waals surface area contributed by atoms with Gasteiger partial charge in [0.2, 0.25) is 49.6 Å². The lowest BCUT2D eigenvalue weighted by Crippen LogP contribution is -2.54. The Morgan fingerprint density at radius 1 is 0.355 bits per heavy atom. The van der Waals surface area contributed by atoms with Crippen LogP contribution in [-0.4, -0.2) is 152 Å². The fourth-order valence-electron chi connectivity index (χ4n) is 7.92. The fourth-order valence-corrected chi connectivity index (χ4v) is 29.0. The third kappa shape index (κ3) is 34.5. The van der Waals surface area contributed by atoms with E-state index in [4.69, 9.17) is 26.1 Å². The summed E-state index contributed by atoms with van der Waals surface area (Å²) in [5.41, 5.74) is 4.65. The highest BCUT2D eigenvalue weighted by Crippen LogP contribution is 2.41. The van der Waals surface area contributed by atoms with Crippen molar-refractivity contribution in [3.8, 4) is 0 Å². The summed E-state index contributed by atoms with van der Waals surface area (Å²) in [6.07, 6.45) is 0. The van der Waals surface area contributed by atoms with Crippen LogP contribution in [0.3, 0.4) is 0 Å². The second-order valence-corrected chi connectivity index (χ2v) is 63.9. The van der Waals surface area contributed by atoms with Gasteiger partial charge in [0.15, 0.2) is 33.6 Å². The summed E-state index contributed by atoms with van der Waals surface area (Å²) in [6, 6.07) is 34.4. The van der Waals surface area contributed by atoms with Gasteiger partial charge < -0.3 is 30.7 Å². The molecule has 5 amide bonds. The zero-order valence-electron chi connectivity index (χ0n) is 70.4. The number of carbonyl (C=O) groups excluding carboxylic acids is 5. The van der Waals surface area contributed by atoms with Gasteiger partial charge in [0.1, 0.15) is 28.1 Å². The zero-order valence-corrected chi connectivity index (χ0v) is 79.3. The molecule has 10 N–H and O–H groups in total. The Balaban J connectivity index is 0. The standard InChI is InChI=1S/C16H27ClN2O2SSi.2C16H29N3O2SSi.C16H28N2O3SSi.C10H14N2O3S.CH4.H3N/c3*1-13(20)19(5)12-14-8-10-15(11-9-14)22(17,21)18-23(6,7)16(2,3)4;1-13(19)18(5)12-14-8-10-15(11-9-14)22(20,21)17-23(6,7)16(2,3)4;1-8(13)12(2)7-9-3-5-10(6-4-9)16(11,14)15;;/h8-11H,12H2,1-7H3;2*8-11H,12H2,1-7H3,(H2,17,18,21);8-11,17H,12H2,1-7H3;3-6H,7H2,1-2H3,(H2,11,14,15);1H4;1H3. The lowest BCUT2D eigenvalue weighted by Gasteiger charge is -2.36. The highest BCUT2D eigenvalue weighted by molar-refractivity contribution is 8.16. The van der Waals surface area contributed by atoms with Crippen LogP contribution in [-0.2, 0) is 106 Å². The van der Waals surface area contributed by atoms with Crippen LogP contribution in [0.2, 0.25) is 72.5 Å². The van der Waals surface area contributed by atoms with E-state index in [0.717, 1.165) is 27.8 Å². The van der Waals surface area contributed by atoms with Gasteiger partial charge in [-0.25, -0.2) is 49.3 Å². The van der Waals surface area contributed by atoms with Crippen LogP contribution in [0.15, 0.2) is 158 Å². The lowest BCUT2D eigenvalue weighted by molar-refractivity contribution is -0.128. The molecule has 0 aliphatic rings. The number of hydrogen-bond acceptors (Lipinski definition) is 16. The molecule has 0 saturated carbocycles. The Bertz CT molecular complexity index is 4250.